The van der Waals surface area contributed by atoms with Crippen LogP contribution in [0.5, 0.6) is 5.75 Å². The number of methoxy groups -OCH3 is 1. The van der Waals surface area contributed by atoms with E-state index in [0.29, 0.717) is 34.9 Å². The molecule has 0 bridgehead atoms. The molecule has 2 aromatic carbocycles. The lowest BCUT2D eigenvalue weighted by Crippen LogP contribution is -2.07. The third-order valence-electron chi connectivity index (χ3n) is 5.64. The molecule has 0 N–H and O–H groups in total. The van der Waals surface area contributed by atoms with Crippen LogP contribution in [0, 0.1) is 0 Å². The maximum absolute atomic E-state index is 13.6. The van der Waals surface area contributed by atoms with Crippen molar-refractivity contribution < 1.29 is 27.4 Å². The zero-order chi connectivity index (χ0) is 24.3. The van der Waals surface area contributed by atoms with Gasteiger partial charge in [0.1, 0.15) is 18.1 Å². The van der Waals surface area contributed by atoms with Gasteiger partial charge in [0.15, 0.2) is 0 Å². The number of benzene rings is 2. The Balaban J connectivity index is 1.79. The first-order chi connectivity index (χ1) is 16.3. The largest absolute Gasteiger partial charge is 0.488 e. The Morgan fingerprint density at radius 3 is 2.53 bits per heavy atom. The number of nitrogens with zero attached hydrogens (tertiary/aromatic N) is 1. The summed E-state index contributed by atoms with van der Waals surface area (Å²) in [6.45, 7) is 0.108. The normalized spacial score (nSPS) is 13.8. The van der Waals surface area contributed by atoms with Crippen molar-refractivity contribution in [1.82, 2.24) is 4.98 Å². The van der Waals surface area contributed by atoms with Crippen LogP contribution in [0.4, 0.5) is 13.2 Å². The molecule has 0 fully saturated rings. The Morgan fingerprint density at radius 2 is 1.79 bits per heavy atom. The van der Waals surface area contributed by atoms with Gasteiger partial charge in [-0.15, -0.1) is 0 Å². The maximum atomic E-state index is 13.6. The molecule has 4 rings (SSSR count). The van der Waals surface area contributed by atoms with Gasteiger partial charge >= 0.3 is 12.1 Å². The number of hydrogen-bond donors (Lipinski definition) is 0. The SMILES string of the molecule is COC(=O)c1cccc(C2=C(c3cc(C(F)(F)F)ccc3OCc3ccccc3Cl)CCC2)n1. The number of pyridine rings is 1. The number of carbonyl (C=O) groups excluding carboxylic acids is 1. The fourth-order valence-corrected chi connectivity index (χ4v) is 4.17. The molecule has 0 amide bonds. The van der Waals surface area contributed by atoms with Crippen molar-refractivity contribution in [2.24, 2.45) is 0 Å². The molecule has 1 aliphatic carbocycles. The fraction of sp³-hybridized carbons (Fsp3) is 0.231. The van der Waals surface area contributed by atoms with Crippen LogP contribution in [0.25, 0.3) is 11.1 Å². The van der Waals surface area contributed by atoms with Crippen LogP contribution >= 0.6 is 11.6 Å². The van der Waals surface area contributed by atoms with Crippen LogP contribution < -0.4 is 4.74 Å². The first-order valence-corrected chi connectivity index (χ1v) is 11.0. The highest BCUT2D eigenvalue weighted by atomic mass is 35.5. The van der Waals surface area contributed by atoms with E-state index in [9.17, 15) is 18.0 Å². The Bertz CT molecular complexity index is 1250. The summed E-state index contributed by atoms with van der Waals surface area (Å²) < 4.78 is 51.4. The molecule has 1 heterocycles. The average Bonchev–Trinajstić information content (AvgIpc) is 3.32. The number of allylic oxidation sites excluding steroid dienone is 2. The molecule has 0 aliphatic heterocycles. The maximum Gasteiger partial charge on any atom is 0.416 e. The Labute approximate surface area is 200 Å². The van der Waals surface area contributed by atoms with Crippen molar-refractivity contribution in [2.75, 3.05) is 7.11 Å². The Morgan fingerprint density at radius 1 is 1.03 bits per heavy atom. The van der Waals surface area contributed by atoms with Crippen LogP contribution in [0.15, 0.2) is 60.7 Å². The van der Waals surface area contributed by atoms with Crippen LogP contribution in [0.1, 0.15) is 52.1 Å². The molecule has 1 aromatic heterocycles. The fourth-order valence-electron chi connectivity index (χ4n) is 3.98. The summed E-state index contributed by atoms with van der Waals surface area (Å²) in [7, 11) is 1.27. The van der Waals surface area contributed by atoms with Crippen molar-refractivity contribution in [3.8, 4) is 5.75 Å². The van der Waals surface area contributed by atoms with E-state index in [1.165, 1.54) is 19.2 Å². The van der Waals surface area contributed by atoms with E-state index in [2.05, 4.69) is 4.98 Å². The van der Waals surface area contributed by atoms with Gasteiger partial charge in [0.2, 0.25) is 0 Å². The third kappa shape index (κ3) is 5.09. The number of alkyl halides is 3. The van der Waals surface area contributed by atoms with Crippen LogP contribution in [-0.2, 0) is 17.5 Å². The summed E-state index contributed by atoms with van der Waals surface area (Å²) in [6.07, 6.45) is -2.58. The van der Waals surface area contributed by atoms with Crippen LogP contribution in [0.3, 0.4) is 0 Å². The molecule has 1 aliphatic rings. The van der Waals surface area contributed by atoms with Gasteiger partial charge in [-0.25, -0.2) is 9.78 Å². The molecule has 0 atom stereocenters. The predicted molar refractivity (Wildman–Crippen MR) is 123 cm³/mol. The quantitative estimate of drug-likeness (QED) is 0.344. The van der Waals surface area contributed by atoms with Gasteiger partial charge in [0.25, 0.3) is 0 Å². The standard InChI is InChI=1S/C26H21ClF3NO3/c1-33-25(32)23-11-5-10-22(31-23)19-8-4-7-18(19)20-14-17(26(28,29)30)12-13-24(20)34-15-16-6-2-3-9-21(16)27/h2-3,5-6,9-14H,4,7-8,15H2,1H3. The van der Waals surface area contributed by atoms with E-state index in [4.69, 9.17) is 21.1 Å². The molecule has 0 saturated heterocycles. The molecule has 0 spiro atoms. The Kier molecular flexibility index (Phi) is 6.93. The second-order valence-electron chi connectivity index (χ2n) is 7.80. The number of ether oxygens (including phenoxy) is 2. The summed E-state index contributed by atoms with van der Waals surface area (Å²) in [5.74, 6) is -0.253. The number of carbonyl (C=O) groups is 1. The number of hydrogen-bond acceptors (Lipinski definition) is 4. The minimum absolute atomic E-state index is 0.108. The minimum Gasteiger partial charge on any atom is -0.488 e. The molecule has 176 valence electrons. The second kappa shape index (κ2) is 9.89. The third-order valence-corrected chi connectivity index (χ3v) is 6.01. The summed E-state index contributed by atoms with van der Waals surface area (Å²) in [5.41, 5.74) is 2.50. The highest BCUT2D eigenvalue weighted by Crippen LogP contribution is 2.44. The lowest BCUT2D eigenvalue weighted by Gasteiger charge is -2.17. The van der Waals surface area contributed by atoms with Gasteiger partial charge in [-0.3, -0.25) is 0 Å². The van der Waals surface area contributed by atoms with E-state index in [1.54, 1.807) is 30.3 Å². The van der Waals surface area contributed by atoms with Crippen molar-refractivity contribution in [1.29, 1.82) is 0 Å². The van der Waals surface area contributed by atoms with Gasteiger partial charge in [-0.2, -0.15) is 13.2 Å². The van der Waals surface area contributed by atoms with Gasteiger partial charge < -0.3 is 9.47 Å². The van der Waals surface area contributed by atoms with Crippen molar-refractivity contribution in [2.45, 2.75) is 32.0 Å². The number of halogens is 4. The summed E-state index contributed by atoms with van der Waals surface area (Å²) >= 11 is 6.21. The first-order valence-electron chi connectivity index (χ1n) is 10.6. The van der Waals surface area contributed by atoms with E-state index < -0.39 is 17.7 Å². The number of rotatable bonds is 6. The zero-order valence-electron chi connectivity index (χ0n) is 18.3. The second-order valence-corrected chi connectivity index (χ2v) is 8.21. The van der Waals surface area contributed by atoms with Crippen LogP contribution in [-0.4, -0.2) is 18.1 Å². The molecule has 0 saturated carbocycles. The van der Waals surface area contributed by atoms with Gasteiger partial charge in [0, 0.05) is 16.1 Å². The topological polar surface area (TPSA) is 48.4 Å². The average molecular weight is 488 g/mol. The van der Waals surface area contributed by atoms with E-state index in [-0.39, 0.29) is 12.3 Å². The molecule has 8 heteroatoms. The number of aromatic nitrogens is 1. The van der Waals surface area contributed by atoms with Crippen molar-refractivity contribution in [3.05, 3.63) is 93.8 Å². The highest BCUT2D eigenvalue weighted by molar-refractivity contribution is 6.31. The summed E-state index contributed by atoms with van der Waals surface area (Å²) in [6, 6.07) is 15.6. The molecule has 34 heavy (non-hydrogen) atoms. The lowest BCUT2D eigenvalue weighted by molar-refractivity contribution is -0.137. The molecule has 4 nitrogen and oxygen atoms in total. The molecule has 3 aromatic rings. The van der Waals surface area contributed by atoms with Gasteiger partial charge in [0.05, 0.1) is 18.4 Å². The van der Waals surface area contributed by atoms with E-state index >= 15 is 0 Å². The number of esters is 1. The predicted octanol–water partition coefficient (Wildman–Crippen LogP) is 7.21. The molecular formula is C26H21ClF3NO3. The van der Waals surface area contributed by atoms with E-state index in [1.807, 2.05) is 6.07 Å². The minimum atomic E-state index is -4.50. The zero-order valence-corrected chi connectivity index (χ0v) is 19.0. The summed E-state index contributed by atoms with van der Waals surface area (Å²) in [5, 5.41) is 0.514. The smallest absolute Gasteiger partial charge is 0.416 e. The van der Waals surface area contributed by atoms with E-state index in [0.717, 1.165) is 35.3 Å². The van der Waals surface area contributed by atoms with Crippen molar-refractivity contribution in [3.63, 3.8) is 0 Å². The van der Waals surface area contributed by atoms with Crippen molar-refractivity contribution >= 4 is 28.7 Å². The van der Waals surface area contributed by atoms with Gasteiger partial charge in [-0.05, 0) is 66.8 Å². The molecular weight excluding hydrogens is 467 g/mol. The van der Waals surface area contributed by atoms with Crippen LogP contribution in [0.2, 0.25) is 5.02 Å². The Hall–Kier alpha value is -3.32. The monoisotopic (exact) mass is 487 g/mol. The first kappa shape index (κ1) is 23.8. The lowest BCUT2D eigenvalue weighted by atomic mass is 9.97. The summed E-state index contributed by atoms with van der Waals surface area (Å²) in [4.78, 5) is 16.3. The molecule has 0 unspecified atom stereocenters. The van der Waals surface area contributed by atoms with Gasteiger partial charge in [-0.1, -0.05) is 35.9 Å². The highest BCUT2D eigenvalue weighted by Gasteiger charge is 2.32. The molecule has 0 radical (unpaired) electrons.